The van der Waals surface area contributed by atoms with Gasteiger partial charge in [-0.25, -0.2) is 8.78 Å². The minimum Gasteiger partial charge on any atom is -0.305 e. The van der Waals surface area contributed by atoms with E-state index in [1.807, 2.05) is 0 Å². The molecule has 1 heterocycles. The number of amides is 1. The van der Waals surface area contributed by atoms with E-state index in [0.717, 1.165) is 29.5 Å². The first kappa shape index (κ1) is 17.4. The van der Waals surface area contributed by atoms with Crippen molar-refractivity contribution in [2.45, 2.75) is 6.54 Å². The molecule has 0 N–H and O–H groups in total. The van der Waals surface area contributed by atoms with Crippen molar-refractivity contribution in [3.05, 3.63) is 68.5 Å². The number of fused-ring (bicyclic) bond motifs is 1. The molecule has 0 fully saturated rings. The summed E-state index contributed by atoms with van der Waals surface area (Å²) in [6.45, 7) is 0.0314. The summed E-state index contributed by atoms with van der Waals surface area (Å²) in [7, 11) is 0. The van der Waals surface area contributed by atoms with Crippen LogP contribution in [0.2, 0.25) is 0 Å². The van der Waals surface area contributed by atoms with E-state index in [1.165, 1.54) is 22.8 Å². The van der Waals surface area contributed by atoms with Crippen molar-refractivity contribution in [1.82, 2.24) is 4.57 Å². The predicted octanol–water partition coefficient (Wildman–Crippen LogP) is 3.26. The fourth-order valence-electron chi connectivity index (χ4n) is 2.35. The van der Waals surface area contributed by atoms with Crippen LogP contribution in [0.5, 0.6) is 0 Å². The van der Waals surface area contributed by atoms with Gasteiger partial charge in [0, 0.05) is 12.1 Å². The Bertz CT molecular complexity index is 1140. The molecule has 0 aliphatic carbocycles. The molecule has 0 unspecified atom stereocenters. The van der Waals surface area contributed by atoms with E-state index in [-0.39, 0.29) is 17.0 Å². The molecule has 3 aromatic rings. The number of carbonyl (C=O) groups excluding carboxylic acids is 1. The van der Waals surface area contributed by atoms with Gasteiger partial charge in [0.15, 0.2) is 4.80 Å². The zero-order valence-corrected chi connectivity index (χ0v) is 13.8. The van der Waals surface area contributed by atoms with Gasteiger partial charge in [0.2, 0.25) is 0 Å². The Labute approximate surface area is 149 Å². The molecule has 130 valence electrons. The van der Waals surface area contributed by atoms with Gasteiger partial charge in [0.05, 0.1) is 21.7 Å². The van der Waals surface area contributed by atoms with Crippen molar-refractivity contribution < 1.29 is 18.5 Å². The van der Waals surface area contributed by atoms with Crippen LogP contribution in [0, 0.1) is 34.1 Å². The van der Waals surface area contributed by atoms with Gasteiger partial charge in [0.25, 0.3) is 11.6 Å². The quantitative estimate of drug-likeness (QED) is 0.402. The highest BCUT2D eigenvalue weighted by atomic mass is 32.1. The highest BCUT2D eigenvalue weighted by Crippen LogP contribution is 2.23. The number of non-ortho nitro benzene ring substituents is 1. The molecule has 2 aromatic carbocycles. The first-order valence-corrected chi connectivity index (χ1v) is 7.98. The lowest BCUT2D eigenvalue weighted by atomic mass is 10.2. The number of thiazole rings is 1. The highest BCUT2D eigenvalue weighted by Gasteiger charge is 2.18. The SMILES string of the molecule is C#CCn1c(=NC(=O)c2c(F)cccc2F)sc2cc([N+](=O)[O-])ccc21. The minimum absolute atomic E-state index is 0.0314. The van der Waals surface area contributed by atoms with Gasteiger partial charge >= 0.3 is 0 Å². The number of hydrogen-bond donors (Lipinski definition) is 0. The molecule has 0 bridgehead atoms. The Balaban J connectivity index is 2.21. The Morgan fingerprint density at radius 3 is 2.62 bits per heavy atom. The van der Waals surface area contributed by atoms with Crippen molar-refractivity contribution in [2.75, 3.05) is 0 Å². The second-order valence-corrected chi connectivity index (χ2v) is 6.11. The summed E-state index contributed by atoms with van der Waals surface area (Å²) in [6.07, 6.45) is 5.33. The van der Waals surface area contributed by atoms with Gasteiger partial charge in [-0.15, -0.1) is 6.42 Å². The lowest BCUT2D eigenvalue weighted by molar-refractivity contribution is -0.384. The normalized spacial score (nSPS) is 11.5. The molecule has 6 nitrogen and oxygen atoms in total. The zero-order chi connectivity index (χ0) is 18.8. The van der Waals surface area contributed by atoms with Crippen molar-refractivity contribution in [2.24, 2.45) is 4.99 Å². The van der Waals surface area contributed by atoms with Crippen LogP contribution in [-0.4, -0.2) is 15.4 Å². The van der Waals surface area contributed by atoms with Crippen molar-refractivity contribution in [3.8, 4) is 12.3 Å². The number of nitro benzene ring substituents is 1. The Kier molecular flexibility index (Phi) is 4.60. The van der Waals surface area contributed by atoms with Gasteiger partial charge in [-0.3, -0.25) is 14.9 Å². The maximum absolute atomic E-state index is 13.8. The van der Waals surface area contributed by atoms with Crippen LogP contribution in [0.1, 0.15) is 10.4 Å². The third-order valence-corrected chi connectivity index (χ3v) is 4.54. The number of carbonyl (C=O) groups is 1. The van der Waals surface area contributed by atoms with Crippen molar-refractivity contribution in [3.63, 3.8) is 0 Å². The lowest BCUT2D eigenvalue weighted by Crippen LogP contribution is -2.17. The van der Waals surface area contributed by atoms with E-state index >= 15 is 0 Å². The monoisotopic (exact) mass is 373 g/mol. The fourth-order valence-corrected chi connectivity index (χ4v) is 3.41. The van der Waals surface area contributed by atoms with E-state index in [0.29, 0.717) is 10.2 Å². The van der Waals surface area contributed by atoms with Crippen LogP contribution in [0.25, 0.3) is 10.2 Å². The van der Waals surface area contributed by atoms with Gasteiger partial charge < -0.3 is 4.57 Å². The second-order valence-electron chi connectivity index (χ2n) is 5.10. The molecular formula is C17H9F2N3O3S. The number of halogens is 2. The summed E-state index contributed by atoms with van der Waals surface area (Å²) in [5, 5.41) is 10.9. The molecule has 0 saturated heterocycles. The third-order valence-electron chi connectivity index (χ3n) is 3.50. The van der Waals surface area contributed by atoms with Gasteiger partial charge in [0.1, 0.15) is 17.2 Å². The van der Waals surface area contributed by atoms with Crippen LogP contribution in [0.4, 0.5) is 14.5 Å². The van der Waals surface area contributed by atoms with Crippen LogP contribution in [-0.2, 0) is 6.54 Å². The molecule has 0 spiro atoms. The van der Waals surface area contributed by atoms with E-state index < -0.39 is 28.0 Å². The third kappa shape index (κ3) is 3.10. The second kappa shape index (κ2) is 6.85. The molecule has 0 atom stereocenters. The van der Waals surface area contributed by atoms with Crippen LogP contribution in [0.3, 0.4) is 0 Å². The fraction of sp³-hybridized carbons (Fsp3) is 0.0588. The van der Waals surface area contributed by atoms with Gasteiger partial charge in [-0.1, -0.05) is 23.3 Å². The average molecular weight is 373 g/mol. The Morgan fingerprint density at radius 1 is 1.31 bits per heavy atom. The Hall–Kier alpha value is -3.38. The largest absolute Gasteiger partial charge is 0.305 e. The maximum atomic E-state index is 13.8. The van der Waals surface area contributed by atoms with Crippen molar-refractivity contribution in [1.29, 1.82) is 0 Å². The summed E-state index contributed by atoms with van der Waals surface area (Å²) in [4.78, 5) is 26.5. The van der Waals surface area contributed by atoms with E-state index in [2.05, 4.69) is 10.9 Å². The van der Waals surface area contributed by atoms with E-state index in [1.54, 1.807) is 0 Å². The minimum atomic E-state index is -1.10. The number of nitrogens with zero attached hydrogens (tertiary/aromatic N) is 3. The standard InChI is InChI=1S/C17H9F2N3O3S/c1-2-8-21-13-7-6-10(22(24)25)9-14(13)26-17(21)20-16(23)15-11(18)4-3-5-12(15)19/h1,3-7,9H,8H2. The summed E-state index contributed by atoms with van der Waals surface area (Å²) in [6, 6.07) is 7.14. The van der Waals surface area contributed by atoms with Crippen LogP contribution >= 0.6 is 11.3 Å². The highest BCUT2D eigenvalue weighted by molar-refractivity contribution is 7.16. The summed E-state index contributed by atoms with van der Waals surface area (Å²) < 4.78 is 29.5. The zero-order valence-electron chi connectivity index (χ0n) is 13.0. The molecule has 0 saturated carbocycles. The van der Waals surface area contributed by atoms with E-state index in [9.17, 15) is 23.7 Å². The topological polar surface area (TPSA) is 77.5 Å². The molecule has 0 radical (unpaired) electrons. The van der Waals surface area contributed by atoms with Crippen molar-refractivity contribution >= 4 is 33.1 Å². The summed E-state index contributed by atoms with van der Waals surface area (Å²) in [5.41, 5.74) is -0.382. The molecule has 26 heavy (non-hydrogen) atoms. The number of benzene rings is 2. The lowest BCUT2D eigenvalue weighted by Gasteiger charge is -2.01. The van der Waals surface area contributed by atoms with Gasteiger partial charge in [-0.05, 0) is 18.2 Å². The predicted molar refractivity (Wildman–Crippen MR) is 91.6 cm³/mol. The number of aromatic nitrogens is 1. The molecule has 0 aliphatic rings. The van der Waals surface area contributed by atoms with Gasteiger partial charge in [-0.2, -0.15) is 4.99 Å². The Morgan fingerprint density at radius 2 is 2.00 bits per heavy atom. The summed E-state index contributed by atoms with van der Waals surface area (Å²) in [5.74, 6) is -0.770. The molecule has 0 aliphatic heterocycles. The maximum Gasteiger partial charge on any atom is 0.285 e. The first-order valence-electron chi connectivity index (χ1n) is 7.16. The van der Waals surface area contributed by atoms with Crippen LogP contribution in [0.15, 0.2) is 41.4 Å². The average Bonchev–Trinajstić information content (AvgIpc) is 2.91. The number of hydrogen-bond acceptors (Lipinski definition) is 4. The summed E-state index contributed by atoms with van der Waals surface area (Å²) >= 11 is 0.961. The number of rotatable bonds is 3. The van der Waals surface area contributed by atoms with Crippen LogP contribution < -0.4 is 4.80 Å². The smallest absolute Gasteiger partial charge is 0.285 e. The van der Waals surface area contributed by atoms with E-state index in [4.69, 9.17) is 6.42 Å². The number of terminal acetylenes is 1. The number of nitro groups is 1. The molecule has 3 rings (SSSR count). The molecule has 1 amide bonds. The molecular weight excluding hydrogens is 364 g/mol. The molecule has 1 aromatic heterocycles. The molecule has 9 heteroatoms. The first-order chi connectivity index (χ1) is 12.4.